The molecule has 1 aromatic rings. The van der Waals surface area contributed by atoms with Crippen LogP contribution in [0.2, 0.25) is 0 Å². The Bertz CT molecular complexity index is 467. The fourth-order valence-electron chi connectivity index (χ4n) is 1.79. The number of esters is 1. The van der Waals surface area contributed by atoms with E-state index in [2.05, 4.69) is 45.0 Å². The molecule has 1 aromatic carbocycles. The molecule has 0 radical (unpaired) electrons. The van der Waals surface area contributed by atoms with Crippen LogP contribution in [0.3, 0.4) is 0 Å². The van der Waals surface area contributed by atoms with Gasteiger partial charge in [-0.3, -0.25) is 0 Å². The molecular formula is C17H24O2S. The summed E-state index contributed by atoms with van der Waals surface area (Å²) in [5.74, 6) is 0.559. The number of ether oxygens (including phenoxy) is 1. The summed E-state index contributed by atoms with van der Waals surface area (Å²) in [6, 6.07) is 8.63. The molecule has 0 heterocycles. The van der Waals surface area contributed by atoms with Crippen molar-refractivity contribution in [1.82, 2.24) is 0 Å². The molecule has 0 N–H and O–H groups in total. The number of carbonyl (C=O) groups is 1. The summed E-state index contributed by atoms with van der Waals surface area (Å²) in [5, 5.41) is 0. The highest BCUT2D eigenvalue weighted by molar-refractivity contribution is 7.99. The van der Waals surface area contributed by atoms with E-state index in [-0.39, 0.29) is 11.4 Å². The molecule has 1 rings (SSSR count). The Balaban J connectivity index is 2.62. The van der Waals surface area contributed by atoms with Gasteiger partial charge in [-0.25, -0.2) is 4.79 Å². The number of benzene rings is 1. The van der Waals surface area contributed by atoms with Crippen LogP contribution in [-0.2, 0) is 14.9 Å². The van der Waals surface area contributed by atoms with Crippen LogP contribution in [0.15, 0.2) is 40.8 Å². The maximum absolute atomic E-state index is 11.4. The van der Waals surface area contributed by atoms with Crippen molar-refractivity contribution in [3.63, 3.8) is 0 Å². The van der Waals surface area contributed by atoms with Gasteiger partial charge in [0.25, 0.3) is 0 Å². The van der Waals surface area contributed by atoms with Crippen molar-refractivity contribution < 1.29 is 9.53 Å². The minimum atomic E-state index is -0.226. The molecular weight excluding hydrogens is 268 g/mol. The molecule has 0 fully saturated rings. The molecule has 110 valence electrons. The van der Waals surface area contributed by atoms with Gasteiger partial charge in [-0.05, 0) is 29.5 Å². The van der Waals surface area contributed by atoms with Crippen molar-refractivity contribution in [2.24, 2.45) is 0 Å². The van der Waals surface area contributed by atoms with Gasteiger partial charge in [-0.15, -0.1) is 11.8 Å². The predicted molar refractivity (Wildman–Crippen MR) is 86.3 cm³/mol. The van der Waals surface area contributed by atoms with Crippen molar-refractivity contribution in [1.29, 1.82) is 0 Å². The van der Waals surface area contributed by atoms with Crippen molar-refractivity contribution >= 4 is 17.7 Å². The van der Waals surface area contributed by atoms with Crippen LogP contribution in [0.5, 0.6) is 0 Å². The van der Waals surface area contributed by atoms with Gasteiger partial charge in [0.05, 0.1) is 7.11 Å². The molecule has 0 amide bonds. The lowest BCUT2D eigenvalue weighted by atomic mass is 9.87. The van der Waals surface area contributed by atoms with Gasteiger partial charge in [-0.1, -0.05) is 45.9 Å². The van der Waals surface area contributed by atoms with Crippen molar-refractivity contribution in [3.8, 4) is 0 Å². The summed E-state index contributed by atoms with van der Waals surface area (Å²) in [7, 11) is 1.42. The molecule has 0 saturated carbocycles. The Kier molecular flexibility index (Phi) is 6.34. The zero-order chi connectivity index (χ0) is 15.2. The Morgan fingerprint density at radius 1 is 1.25 bits per heavy atom. The smallest absolute Gasteiger partial charge is 0.333 e. The lowest BCUT2D eigenvalue weighted by Gasteiger charge is -2.18. The van der Waals surface area contributed by atoms with Crippen LogP contribution in [-0.4, -0.2) is 18.8 Å². The molecule has 0 bridgehead atoms. The highest BCUT2D eigenvalue weighted by Crippen LogP contribution is 2.25. The van der Waals surface area contributed by atoms with E-state index in [1.165, 1.54) is 17.6 Å². The minimum Gasteiger partial charge on any atom is -0.466 e. The summed E-state index contributed by atoms with van der Waals surface area (Å²) < 4.78 is 4.74. The van der Waals surface area contributed by atoms with E-state index in [4.69, 9.17) is 4.74 Å². The van der Waals surface area contributed by atoms with E-state index in [1.807, 2.05) is 13.0 Å². The van der Waals surface area contributed by atoms with E-state index in [0.717, 1.165) is 11.3 Å². The second-order valence-corrected chi connectivity index (χ2v) is 6.75. The zero-order valence-electron chi connectivity index (χ0n) is 13.0. The fourth-order valence-corrected chi connectivity index (χ4v) is 2.60. The molecule has 2 nitrogen and oxygen atoms in total. The third-order valence-corrected chi connectivity index (χ3v) is 4.07. The van der Waals surface area contributed by atoms with Crippen molar-refractivity contribution in [2.75, 3.05) is 12.9 Å². The molecule has 0 aliphatic heterocycles. The third kappa shape index (κ3) is 5.04. The monoisotopic (exact) mass is 292 g/mol. The maximum Gasteiger partial charge on any atom is 0.333 e. The number of thioether (sulfide) groups is 1. The molecule has 0 aromatic heterocycles. The van der Waals surface area contributed by atoms with Gasteiger partial charge < -0.3 is 4.74 Å². The van der Waals surface area contributed by atoms with Crippen molar-refractivity contribution in [2.45, 2.75) is 44.4 Å². The van der Waals surface area contributed by atoms with Crippen LogP contribution in [0.25, 0.3) is 0 Å². The SMILES string of the molecule is CCC(=CCSc1ccc(C(C)(C)C)cc1)C(=O)OC. The van der Waals surface area contributed by atoms with E-state index in [9.17, 15) is 4.79 Å². The van der Waals surface area contributed by atoms with E-state index in [0.29, 0.717) is 6.42 Å². The van der Waals surface area contributed by atoms with Crippen LogP contribution >= 0.6 is 11.8 Å². The molecule has 0 spiro atoms. The first-order chi connectivity index (χ1) is 9.38. The van der Waals surface area contributed by atoms with Gasteiger partial charge in [0.2, 0.25) is 0 Å². The zero-order valence-corrected chi connectivity index (χ0v) is 13.8. The topological polar surface area (TPSA) is 26.3 Å². The van der Waals surface area contributed by atoms with Crippen LogP contribution < -0.4 is 0 Å². The van der Waals surface area contributed by atoms with Gasteiger partial charge in [0.15, 0.2) is 0 Å². The Hall–Kier alpha value is -1.22. The molecule has 20 heavy (non-hydrogen) atoms. The molecule has 0 atom stereocenters. The number of methoxy groups -OCH3 is 1. The molecule has 0 saturated heterocycles. The van der Waals surface area contributed by atoms with Crippen LogP contribution in [0.1, 0.15) is 39.7 Å². The molecule has 0 unspecified atom stereocenters. The van der Waals surface area contributed by atoms with Crippen molar-refractivity contribution in [3.05, 3.63) is 41.5 Å². The Labute approximate surface area is 126 Å². The Morgan fingerprint density at radius 3 is 2.30 bits per heavy atom. The van der Waals surface area contributed by atoms with Crippen LogP contribution in [0, 0.1) is 0 Å². The summed E-state index contributed by atoms with van der Waals surface area (Å²) in [4.78, 5) is 12.7. The first-order valence-electron chi connectivity index (χ1n) is 6.89. The lowest BCUT2D eigenvalue weighted by molar-refractivity contribution is -0.136. The predicted octanol–water partition coefficient (Wildman–Crippen LogP) is 4.59. The molecule has 0 aliphatic rings. The van der Waals surface area contributed by atoms with E-state index < -0.39 is 0 Å². The first kappa shape index (κ1) is 16.8. The molecule has 3 heteroatoms. The quantitative estimate of drug-likeness (QED) is 0.451. The summed E-state index contributed by atoms with van der Waals surface area (Å²) in [6.45, 7) is 8.59. The average molecular weight is 292 g/mol. The van der Waals surface area contributed by atoms with Gasteiger partial charge in [-0.2, -0.15) is 0 Å². The number of hydrogen-bond donors (Lipinski definition) is 0. The summed E-state index contributed by atoms with van der Waals surface area (Å²) in [6.07, 6.45) is 2.66. The van der Waals surface area contributed by atoms with Crippen LogP contribution in [0.4, 0.5) is 0 Å². The minimum absolute atomic E-state index is 0.184. The van der Waals surface area contributed by atoms with Gasteiger partial charge in [0, 0.05) is 16.2 Å². The largest absolute Gasteiger partial charge is 0.466 e. The standard InChI is InChI=1S/C17H24O2S/c1-6-13(16(18)19-5)11-12-20-15-9-7-14(8-10-15)17(2,3)4/h7-11H,6,12H2,1-5H3. The second kappa shape index (κ2) is 7.53. The highest BCUT2D eigenvalue weighted by atomic mass is 32.2. The summed E-state index contributed by atoms with van der Waals surface area (Å²) in [5.41, 5.74) is 2.26. The number of rotatable bonds is 5. The van der Waals surface area contributed by atoms with E-state index >= 15 is 0 Å². The van der Waals surface area contributed by atoms with E-state index in [1.54, 1.807) is 11.8 Å². The highest BCUT2D eigenvalue weighted by Gasteiger charge is 2.12. The average Bonchev–Trinajstić information content (AvgIpc) is 2.42. The number of hydrogen-bond acceptors (Lipinski definition) is 3. The second-order valence-electron chi connectivity index (χ2n) is 5.66. The maximum atomic E-state index is 11.4. The fraction of sp³-hybridized carbons (Fsp3) is 0.471. The summed E-state index contributed by atoms with van der Waals surface area (Å²) >= 11 is 1.73. The van der Waals surface area contributed by atoms with Gasteiger partial charge >= 0.3 is 5.97 Å². The normalized spacial score (nSPS) is 12.3. The molecule has 0 aliphatic carbocycles. The Morgan fingerprint density at radius 2 is 1.85 bits per heavy atom. The first-order valence-corrected chi connectivity index (χ1v) is 7.87. The number of carbonyl (C=O) groups excluding carboxylic acids is 1. The lowest BCUT2D eigenvalue weighted by Crippen LogP contribution is -2.10. The van der Waals surface area contributed by atoms with Gasteiger partial charge in [0.1, 0.15) is 0 Å². The third-order valence-electron chi connectivity index (χ3n) is 3.13.